The van der Waals surface area contributed by atoms with Crippen molar-refractivity contribution in [2.75, 3.05) is 6.54 Å². The van der Waals surface area contributed by atoms with E-state index in [0.29, 0.717) is 5.41 Å². The van der Waals surface area contributed by atoms with Crippen molar-refractivity contribution in [3.63, 3.8) is 0 Å². The molecular weight excluding hydrogens is 194 g/mol. The Morgan fingerprint density at radius 2 is 1.25 bits per heavy atom. The highest BCUT2D eigenvalue weighted by Crippen LogP contribution is 2.34. The Bertz CT molecular complexity index is 144. The topological polar surface area (TPSA) is 26.0 Å². The van der Waals surface area contributed by atoms with E-state index in [2.05, 4.69) is 20.8 Å². The predicted molar refractivity (Wildman–Crippen MR) is 74.7 cm³/mol. The fourth-order valence-electron chi connectivity index (χ4n) is 2.50. The van der Waals surface area contributed by atoms with Crippen LogP contribution < -0.4 is 5.73 Å². The maximum Gasteiger partial charge on any atom is -0.00721 e. The van der Waals surface area contributed by atoms with Crippen molar-refractivity contribution in [3.8, 4) is 0 Å². The minimum Gasteiger partial charge on any atom is -0.330 e. The molecule has 0 spiro atoms. The Morgan fingerprint density at radius 3 is 1.75 bits per heavy atom. The molecule has 0 rings (SSSR count). The number of unbranched alkanes of at least 4 members (excludes halogenated alkanes) is 5. The fraction of sp³-hybridized carbons (Fsp3) is 1.00. The summed E-state index contributed by atoms with van der Waals surface area (Å²) in [7, 11) is 0. The second kappa shape index (κ2) is 10.1. The molecule has 0 aromatic rings. The summed E-state index contributed by atoms with van der Waals surface area (Å²) >= 11 is 0. The zero-order valence-electron chi connectivity index (χ0n) is 11.9. The minimum absolute atomic E-state index is 0.525. The van der Waals surface area contributed by atoms with Gasteiger partial charge in [-0.1, -0.05) is 65.7 Å². The predicted octanol–water partition coefficient (Wildman–Crippen LogP) is 4.89. The molecule has 1 heteroatoms. The second-order valence-corrected chi connectivity index (χ2v) is 5.62. The third kappa shape index (κ3) is 8.15. The molecule has 0 aliphatic heterocycles. The van der Waals surface area contributed by atoms with Gasteiger partial charge in [-0.15, -0.1) is 0 Å². The molecule has 0 aliphatic carbocycles. The Kier molecular flexibility index (Phi) is 10.1. The first-order valence-electron chi connectivity index (χ1n) is 7.38. The molecule has 0 aromatic heterocycles. The molecule has 0 fully saturated rings. The summed E-state index contributed by atoms with van der Waals surface area (Å²) in [6, 6.07) is 0. The molecule has 0 aliphatic rings. The van der Waals surface area contributed by atoms with E-state index in [-0.39, 0.29) is 0 Å². The zero-order valence-corrected chi connectivity index (χ0v) is 11.9. The number of rotatable bonds is 11. The lowest BCUT2D eigenvalue weighted by Gasteiger charge is -2.29. The lowest BCUT2D eigenvalue weighted by atomic mass is 9.77. The molecule has 0 amide bonds. The van der Waals surface area contributed by atoms with Crippen molar-refractivity contribution in [1.82, 2.24) is 0 Å². The first-order valence-corrected chi connectivity index (χ1v) is 7.38. The largest absolute Gasteiger partial charge is 0.330 e. The molecular formula is C15H33N. The maximum absolute atomic E-state index is 5.75. The molecule has 1 atom stereocenters. The zero-order chi connectivity index (χ0) is 12.3. The number of hydrogen-bond donors (Lipinski definition) is 1. The number of hydrogen-bond acceptors (Lipinski definition) is 1. The van der Waals surface area contributed by atoms with Crippen LogP contribution in [0.4, 0.5) is 0 Å². The summed E-state index contributed by atoms with van der Waals surface area (Å²) in [5, 5.41) is 0. The first-order chi connectivity index (χ1) is 7.68. The van der Waals surface area contributed by atoms with E-state index >= 15 is 0 Å². The summed E-state index contributed by atoms with van der Waals surface area (Å²) in [4.78, 5) is 0. The van der Waals surface area contributed by atoms with Gasteiger partial charge in [0.2, 0.25) is 0 Å². The molecule has 0 saturated carbocycles. The lowest BCUT2D eigenvalue weighted by molar-refractivity contribution is 0.236. The summed E-state index contributed by atoms with van der Waals surface area (Å²) < 4.78 is 0. The lowest BCUT2D eigenvalue weighted by Crippen LogP contribution is -2.21. The van der Waals surface area contributed by atoms with Crippen LogP contribution in [0, 0.1) is 5.41 Å². The van der Waals surface area contributed by atoms with E-state index in [1.54, 1.807) is 0 Å². The van der Waals surface area contributed by atoms with Crippen LogP contribution >= 0.6 is 0 Å². The molecule has 0 aromatic carbocycles. The molecule has 0 radical (unpaired) electrons. The highest BCUT2D eigenvalue weighted by atomic mass is 14.5. The van der Waals surface area contributed by atoms with Crippen LogP contribution in [0.1, 0.15) is 85.0 Å². The smallest absolute Gasteiger partial charge is 0.00721 e. The molecule has 1 nitrogen and oxygen atoms in total. The van der Waals surface area contributed by atoms with E-state index in [4.69, 9.17) is 5.73 Å². The third-order valence-corrected chi connectivity index (χ3v) is 3.77. The maximum atomic E-state index is 5.75. The van der Waals surface area contributed by atoms with Gasteiger partial charge in [0.15, 0.2) is 0 Å². The second-order valence-electron chi connectivity index (χ2n) is 5.62. The van der Waals surface area contributed by atoms with Crippen molar-refractivity contribution in [2.45, 2.75) is 85.0 Å². The monoisotopic (exact) mass is 227 g/mol. The van der Waals surface area contributed by atoms with Crippen LogP contribution in [-0.4, -0.2) is 6.54 Å². The first kappa shape index (κ1) is 16.0. The molecule has 0 bridgehead atoms. The van der Waals surface area contributed by atoms with Gasteiger partial charge in [-0.3, -0.25) is 0 Å². The van der Waals surface area contributed by atoms with Crippen LogP contribution in [0.25, 0.3) is 0 Å². The Labute approximate surface area is 103 Å². The molecule has 1 unspecified atom stereocenters. The third-order valence-electron chi connectivity index (χ3n) is 3.77. The van der Waals surface area contributed by atoms with E-state index in [9.17, 15) is 0 Å². The van der Waals surface area contributed by atoms with Crippen molar-refractivity contribution in [3.05, 3.63) is 0 Å². The van der Waals surface area contributed by atoms with Crippen LogP contribution in [0.5, 0.6) is 0 Å². The summed E-state index contributed by atoms with van der Waals surface area (Å²) in [6.07, 6.45) is 13.6. The SMILES string of the molecule is CCCCCCC(C)(CCN)CCCCC. The average molecular weight is 227 g/mol. The summed E-state index contributed by atoms with van der Waals surface area (Å²) in [6.45, 7) is 7.86. The van der Waals surface area contributed by atoms with Gasteiger partial charge >= 0.3 is 0 Å². The summed E-state index contributed by atoms with van der Waals surface area (Å²) in [5.41, 5.74) is 6.27. The molecule has 98 valence electrons. The van der Waals surface area contributed by atoms with E-state index in [0.717, 1.165) is 6.54 Å². The highest BCUT2D eigenvalue weighted by molar-refractivity contribution is 4.74. The molecule has 0 heterocycles. The Morgan fingerprint density at radius 1 is 0.750 bits per heavy atom. The Hall–Kier alpha value is -0.0400. The van der Waals surface area contributed by atoms with Gasteiger partial charge in [-0.05, 0) is 31.2 Å². The van der Waals surface area contributed by atoms with E-state index < -0.39 is 0 Å². The van der Waals surface area contributed by atoms with Gasteiger partial charge < -0.3 is 5.73 Å². The molecule has 0 saturated heterocycles. The van der Waals surface area contributed by atoms with E-state index in [1.807, 2.05) is 0 Å². The van der Waals surface area contributed by atoms with Gasteiger partial charge in [0.05, 0.1) is 0 Å². The van der Waals surface area contributed by atoms with Crippen LogP contribution in [-0.2, 0) is 0 Å². The van der Waals surface area contributed by atoms with Crippen molar-refractivity contribution < 1.29 is 0 Å². The fourth-order valence-corrected chi connectivity index (χ4v) is 2.50. The van der Waals surface area contributed by atoms with Crippen molar-refractivity contribution in [1.29, 1.82) is 0 Å². The highest BCUT2D eigenvalue weighted by Gasteiger charge is 2.21. The average Bonchev–Trinajstić information content (AvgIpc) is 2.25. The number of nitrogens with two attached hydrogens (primary N) is 1. The van der Waals surface area contributed by atoms with E-state index in [1.165, 1.54) is 64.2 Å². The quantitative estimate of drug-likeness (QED) is 0.500. The molecule has 16 heavy (non-hydrogen) atoms. The van der Waals surface area contributed by atoms with Crippen molar-refractivity contribution >= 4 is 0 Å². The minimum atomic E-state index is 0.525. The standard InChI is InChI=1S/C15H33N/c1-4-6-8-10-12-15(3,13-14-16)11-9-7-5-2/h4-14,16H2,1-3H3. The van der Waals surface area contributed by atoms with Gasteiger partial charge in [-0.2, -0.15) is 0 Å². The van der Waals surface area contributed by atoms with Crippen LogP contribution in [0.3, 0.4) is 0 Å². The van der Waals surface area contributed by atoms with Gasteiger partial charge in [0.25, 0.3) is 0 Å². The van der Waals surface area contributed by atoms with Crippen molar-refractivity contribution in [2.24, 2.45) is 11.1 Å². The molecule has 2 N–H and O–H groups in total. The van der Waals surface area contributed by atoms with Gasteiger partial charge in [0.1, 0.15) is 0 Å². The van der Waals surface area contributed by atoms with Crippen LogP contribution in [0.2, 0.25) is 0 Å². The van der Waals surface area contributed by atoms with Gasteiger partial charge in [0, 0.05) is 0 Å². The Balaban J connectivity index is 3.81. The normalized spacial score (nSPS) is 15.0. The summed E-state index contributed by atoms with van der Waals surface area (Å²) in [5.74, 6) is 0. The van der Waals surface area contributed by atoms with Crippen LogP contribution in [0.15, 0.2) is 0 Å². The van der Waals surface area contributed by atoms with Gasteiger partial charge in [-0.25, -0.2) is 0 Å².